The van der Waals surface area contributed by atoms with Crippen LogP contribution >= 0.6 is 0 Å². The molecule has 4 unspecified atom stereocenters. The van der Waals surface area contributed by atoms with Crippen molar-refractivity contribution in [3.8, 4) is 0 Å². The normalized spacial score (nSPS) is 14.5. The molecule has 0 aliphatic rings. The van der Waals surface area contributed by atoms with Crippen LogP contribution < -0.4 is 5.32 Å². The molecule has 0 aromatic rings. The van der Waals surface area contributed by atoms with Gasteiger partial charge in [-0.3, -0.25) is 4.79 Å². The largest absolute Gasteiger partial charge is 0.394 e. The molecule has 0 saturated carbocycles. The number of rotatable bonds is 41. The van der Waals surface area contributed by atoms with Crippen LogP contribution in [0.25, 0.3) is 0 Å². The lowest BCUT2D eigenvalue weighted by molar-refractivity contribution is -0.132. The van der Waals surface area contributed by atoms with E-state index in [9.17, 15) is 25.2 Å². The monoisotopic (exact) mass is 748 g/mol. The molecule has 0 rings (SSSR count). The van der Waals surface area contributed by atoms with Gasteiger partial charge in [-0.2, -0.15) is 0 Å². The van der Waals surface area contributed by atoms with Crippen LogP contribution in [0.4, 0.5) is 0 Å². The zero-order valence-corrected chi connectivity index (χ0v) is 35.0. The average Bonchev–Trinajstić information content (AvgIpc) is 3.16. The van der Waals surface area contributed by atoms with Crippen molar-refractivity contribution in [1.29, 1.82) is 0 Å². The van der Waals surface area contributed by atoms with Gasteiger partial charge in [-0.05, 0) is 70.6 Å². The Morgan fingerprint density at radius 2 is 0.830 bits per heavy atom. The Hall–Kier alpha value is -1.47. The first-order valence-corrected chi connectivity index (χ1v) is 22.9. The fourth-order valence-corrected chi connectivity index (χ4v) is 6.90. The van der Waals surface area contributed by atoms with Crippen LogP contribution in [0.1, 0.15) is 226 Å². The quantitative estimate of drug-likeness (QED) is 0.0316. The molecule has 0 fully saturated rings. The maximum atomic E-state index is 12.5. The van der Waals surface area contributed by atoms with E-state index in [1.54, 1.807) is 0 Å². The van der Waals surface area contributed by atoms with E-state index < -0.39 is 36.9 Å². The molecular formula is C47H89NO5. The summed E-state index contributed by atoms with van der Waals surface area (Å²) in [6, 6.07) is -1.00. The number of aliphatic hydroxyl groups is 4. The summed E-state index contributed by atoms with van der Waals surface area (Å²) in [6.45, 7) is 4.01. The summed E-state index contributed by atoms with van der Waals surface area (Å²) in [7, 11) is 0. The molecule has 5 N–H and O–H groups in total. The van der Waals surface area contributed by atoms with Gasteiger partial charge in [0.05, 0.1) is 18.8 Å². The maximum Gasteiger partial charge on any atom is 0.249 e. The van der Waals surface area contributed by atoms with Crippen LogP contribution in [-0.2, 0) is 4.79 Å². The lowest BCUT2D eigenvalue weighted by atomic mass is 10.00. The van der Waals surface area contributed by atoms with Crippen molar-refractivity contribution in [2.75, 3.05) is 6.61 Å². The summed E-state index contributed by atoms with van der Waals surface area (Å²) in [5, 5.41) is 43.5. The van der Waals surface area contributed by atoms with E-state index in [2.05, 4.69) is 55.6 Å². The van der Waals surface area contributed by atoms with E-state index in [0.717, 1.165) is 44.9 Å². The summed E-state index contributed by atoms with van der Waals surface area (Å²) in [5.41, 5.74) is 0. The van der Waals surface area contributed by atoms with Gasteiger partial charge in [0.2, 0.25) is 5.91 Å². The van der Waals surface area contributed by atoms with E-state index in [4.69, 9.17) is 0 Å². The van der Waals surface area contributed by atoms with Crippen LogP contribution in [-0.4, -0.2) is 57.3 Å². The number of amides is 1. The molecule has 4 atom stereocenters. The highest BCUT2D eigenvalue weighted by atomic mass is 16.3. The Morgan fingerprint density at radius 1 is 0.472 bits per heavy atom. The van der Waals surface area contributed by atoms with Gasteiger partial charge < -0.3 is 25.7 Å². The smallest absolute Gasteiger partial charge is 0.249 e. The number of aliphatic hydroxyl groups excluding tert-OH is 4. The highest BCUT2D eigenvalue weighted by Crippen LogP contribution is 2.15. The Bertz CT molecular complexity index is 843. The van der Waals surface area contributed by atoms with Crippen LogP contribution in [0.2, 0.25) is 0 Å². The van der Waals surface area contributed by atoms with E-state index in [1.165, 1.54) is 154 Å². The molecule has 312 valence electrons. The van der Waals surface area contributed by atoms with Gasteiger partial charge in [0.1, 0.15) is 12.2 Å². The lowest BCUT2D eigenvalue weighted by Gasteiger charge is -2.27. The van der Waals surface area contributed by atoms with Gasteiger partial charge >= 0.3 is 0 Å². The molecule has 0 aromatic heterocycles. The first-order valence-electron chi connectivity index (χ1n) is 22.9. The summed E-state index contributed by atoms with van der Waals surface area (Å²) in [4.78, 5) is 12.5. The number of carbonyl (C=O) groups excluding carboxylic acids is 1. The Morgan fingerprint density at radius 3 is 1.25 bits per heavy atom. The standard InChI is InChI=1S/C47H89NO5/c1-3-5-7-9-11-13-15-16-17-18-19-20-21-22-23-24-25-26-27-28-29-31-33-35-37-39-41-45(51)47(53)48-43(42-49)46(52)44(50)40-38-36-34-32-30-14-12-10-8-6-4-2/h19-20,22-23,32,34,43-46,49-52H,3-18,21,24-31,33,35-42H2,1-2H3,(H,48,53)/b20-19-,23-22-,34-32+. The fourth-order valence-electron chi connectivity index (χ4n) is 6.90. The van der Waals surface area contributed by atoms with Crippen molar-refractivity contribution >= 4 is 5.91 Å². The minimum atomic E-state index is -1.28. The third-order valence-electron chi connectivity index (χ3n) is 10.6. The van der Waals surface area contributed by atoms with E-state index in [0.29, 0.717) is 12.8 Å². The number of carbonyl (C=O) groups is 1. The number of unbranched alkanes of at least 4 members (excludes halogenated alkanes) is 26. The predicted molar refractivity (Wildman–Crippen MR) is 228 cm³/mol. The first kappa shape index (κ1) is 51.5. The zero-order valence-electron chi connectivity index (χ0n) is 35.0. The van der Waals surface area contributed by atoms with Crippen LogP contribution in [0.15, 0.2) is 36.5 Å². The first-order chi connectivity index (χ1) is 26.0. The average molecular weight is 748 g/mol. The summed E-state index contributed by atoms with van der Waals surface area (Å²) in [6.07, 6.45) is 49.0. The second kappa shape index (κ2) is 41.7. The van der Waals surface area contributed by atoms with Crippen molar-refractivity contribution in [3.63, 3.8) is 0 Å². The number of hydrogen-bond acceptors (Lipinski definition) is 5. The van der Waals surface area contributed by atoms with Gasteiger partial charge in [0.15, 0.2) is 0 Å². The molecule has 6 nitrogen and oxygen atoms in total. The van der Waals surface area contributed by atoms with Crippen molar-refractivity contribution in [1.82, 2.24) is 5.32 Å². The number of allylic oxidation sites excluding steroid dienone is 6. The molecule has 0 aromatic carbocycles. The minimum Gasteiger partial charge on any atom is -0.394 e. The van der Waals surface area contributed by atoms with Crippen molar-refractivity contribution in [2.24, 2.45) is 0 Å². The van der Waals surface area contributed by atoms with Gasteiger partial charge in [-0.1, -0.05) is 192 Å². The summed E-state index contributed by atoms with van der Waals surface area (Å²) < 4.78 is 0. The van der Waals surface area contributed by atoms with Crippen LogP contribution in [0.5, 0.6) is 0 Å². The number of hydrogen-bond donors (Lipinski definition) is 5. The second-order valence-corrected chi connectivity index (χ2v) is 15.7. The van der Waals surface area contributed by atoms with Gasteiger partial charge in [-0.25, -0.2) is 0 Å². The Kier molecular flexibility index (Phi) is 40.5. The molecule has 0 radical (unpaired) electrons. The Labute approximate surface area is 328 Å². The lowest BCUT2D eigenvalue weighted by Crippen LogP contribution is -2.53. The van der Waals surface area contributed by atoms with Crippen molar-refractivity contribution < 1.29 is 25.2 Å². The van der Waals surface area contributed by atoms with Gasteiger partial charge in [0.25, 0.3) is 0 Å². The van der Waals surface area contributed by atoms with E-state index in [1.807, 2.05) is 0 Å². The zero-order chi connectivity index (χ0) is 38.9. The molecule has 0 spiro atoms. The number of nitrogens with one attached hydrogen (secondary N) is 1. The maximum absolute atomic E-state index is 12.5. The van der Waals surface area contributed by atoms with Gasteiger partial charge in [-0.15, -0.1) is 0 Å². The van der Waals surface area contributed by atoms with Crippen LogP contribution in [0, 0.1) is 0 Å². The molecule has 1 amide bonds. The molecule has 53 heavy (non-hydrogen) atoms. The topological polar surface area (TPSA) is 110 Å². The van der Waals surface area contributed by atoms with E-state index >= 15 is 0 Å². The summed E-state index contributed by atoms with van der Waals surface area (Å²) in [5.74, 6) is -0.597. The molecule has 0 bridgehead atoms. The molecule has 0 saturated heterocycles. The second-order valence-electron chi connectivity index (χ2n) is 15.7. The summed E-state index contributed by atoms with van der Waals surface area (Å²) >= 11 is 0. The minimum absolute atomic E-state index is 0.359. The van der Waals surface area contributed by atoms with Gasteiger partial charge in [0, 0.05) is 0 Å². The molecule has 0 aliphatic heterocycles. The molecular weight excluding hydrogens is 659 g/mol. The molecule has 0 heterocycles. The Balaban J connectivity index is 3.69. The third kappa shape index (κ3) is 36.0. The molecule has 0 aliphatic carbocycles. The van der Waals surface area contributed by atoms with E-state index in [-0.39, 0.29) is 0 Å². The predicted octanol–water partition coefficient (Wildman–Crippen LogP) is 12.1. The molecule has 6 heteroatoms. The third-order valence-corrected chi connectivity index (χ3v) is 10.6. The fraction of sp³-hybridized carbons (Fsp3) is 0.851. The van der Waals surface area contributed by atoms with Crippen molar-refractivity contribution in [2.45, 2.75) is 250 Å². The van der Waals surface area contributed by atoms with Crippen molar-refractivity contribution in [3.05, 3.63) is 36.5 Å². The highest BCUT2D eigenvalue weighted by molar-refractivity contribution is 5.80. The SMILES string of the molecule is CCCCCCCC/C=C/CCCC(O)C(O)C(CO)NC(=O)C(O)CCCCCCCCCCCC/C=C\C/C=C\CCCCCCCCCCC. The van der Waals surface area contributed by atoms with Crippen LogP contribution in [0.3, 0.4) is 0 Å². The highest BCUT2D eigenvalue weighted by Gasteiger charge is 2.28.